The zero-order valence-electron chi connectivity index (χ0n) is 15.2. The van der Waals surface area contributed by atoms with E-state index in [1.54, 1.807) is 44.6 Å². The Hall–Kier alpha value is -2.74. The van der Waals surface area contributed by atoms with Crippen molar-refractivity contribution in [3.63, 3.8) is 0 Å². The molecule has 0 saturated carbocycles. The number of alkyl halides is 3. The highest BCUT2D eigenvalue weighted by molar-refractivity contribution is 7.98. The Morgan fingerprint density at radius 3 is 2.39 bits per heavy atom. The molecule has 0 aliphatic heterocycles. The van der Waals surface area contributed by atoms with Crippen molar-refractivity contribution in [2.24, 2.45) is 0 Å². The van der Waals surface area contributed by atoms with Crippen LogP contribution in [-0.2, 0) is 11.9 Å². The Balaban J connectivity index is 1.72. The van der Waals surface area contributed by atoms with Crippen LogP contribution in [0.15, 0.2) is 59.6 Å². The molecule has 28 heavy (non-hydrogen) atoms. The van der Waals surface area contributed by atoms with Crippen LogP contribution in [0, 0.1) is 0 Å². The van der Waals surface area contributed by atoms with Crippen LogP contribution in [0.2, 0.25) is 0 Å². The molecule has 0 saturated heterocycles. The average molecular weight is 406 g/mol. The second-order valence-electron chi connectivity index (χ2n) is 5.81. The Kier molecular flexibility index (Phi) is 6.08. The molecule has 0 radical (unpaired) electrons. The zero-order chi connectivity index (χ0) is 20.1. The van der Waals surface area contributed by atoms with Gasteiger partial charge in [-0.05, 0) is 35.9 Å². The first-order valence-electron chi connectivity index (χ1n) is 8.26. The zero-order valence-corrected chi connectivity index (χ0v) is 16.0. The SMILES string of the molecule is COc1ccc(-c2ccc(SCc3cccc(C(F)(F)F)c3)nn2)c(OC)c1. The van der Waals surface area contributed by atoms with Crippen LogP contribution in [0.25, 0.3) is 11.3 Å². The number of nitrogens with zero attached hydrogens (tertiary/aromatic N) is 2. The summed E-state index contributed by atoms with van der Waals surface area (Å²) in [6.45, 7) is 0. The summed E-state index contributed by atoms with van der Waals surface area (Å²) >= 11 is 1.32. The molecule has 3 rings (SSSR count). The van der Waals surface area contributed by atoms with Gasteiger partial charge in [0.15, 0.2) is 0 Å². The molecule has 0 unspecified atom stereocenters. The highest BCUT2D eigenvalue weighted by Gasteiger charge is 2.30. The maximum atomic E-state index is 12.8. The van der Waals surface area contributed by atoms with Crippen LogP contribution in [-0.4, -0.2) is 24.4 Å². The van der Waals surface area contributed by atoms with E-state index in [0.717, 1.165) is 17.7 Å². The van der Waals surface area contributed by atoms with E-state index in [-0.39, 0.29) is 0 Å². The topological polar surface area (TPSA) is 44.2 Å². The normalized spacial score (nSPS) is 11.3. The maximum Gasteiger partial charge on any atom is 0.416 e. The van der Waals surface area contributed by atoms with Crippen molar-refractivity contribution >= 4 is 11.8 Å². The van der Waals surface area contributed by atoms with E-state index in [1.165, 1.54) is 17.8 Å². The molecule has 8 heteroatoms. The first-order chi connectivity index (χ1) is 13.4. The van der Waals surface area contributed by atoms with Crippen LogP contribution in [0.3, 0.4) is 0 Å². The summed E-state index contributed by atoms with van der Waals surface area (Å²) in [4.78, 5) is 0. The number of ether oxygens (including phenoxy) is 2. The molecular weight excluding hydrogens is 389 g/mol. The fourth-order valence-electron chi connectivity index (χ4n) is 2.55. The van der Waals surface area contributed by atoms with Crippen LogP contribution in [0.4, 0.5) is 13.2 Å². The van der Waals surface area contributed by atoms with E-state index in [2.05, 4.69) is 10.2 Å². The van der Waals surface area contributed by atoms with Crippen molar-refractivity contribution in [1.29, 1.82) is 0 Å². The predicted octanol–water partition coefficient (Wildman–Crippen LogP) is 5.47. The molecule has 3 aromatic rings. The third-order valence-electron chi connectivity index (χ3n) is 3.97. The van der Waals surface area contributed by atoms with Crippen LogP contribution in [0.1, 0.15) is 11.1 Å². The molecule has 0 spiro atoms. The summed E-state index contributed by atoms with van der Waals surface area (Å²) in [7, 11) is 3.13. The lowest BCUT2D eigenvalue weighted by atomic mass is 10.1. The van der Waals surface area contributed by atoms with Gasteiger partial charge in [-0.1, -0.05) is 30.0 Å². The van der Waals surface area contributed by atoms with Crippen molar-refractivity contribution in [1.82, 2.24) is 10.2 Å². The van der Waals surface area contributed by atoms with Crippen molar-refractivity contribution in [2.45, 2.75) is 17.0 Å². The van der Waals surface area contributed by atoms with E-state index in [0.29, 0.717) is 33.5 Å². The van der Waals surface area contributed by atoms with Gasteiger partial charge in [-0.15, -0.1) is 10.2 Å². The van der Waals surface area contributed by atoms with Gasteiger partial charge in [0.05, 0.1) is 25.5 Å². The molecule has 0 N–H and O–H groups in total. The van der Waals surface area contributed by atoms with Crippen molar-refractivity contribution in [3.05, 3.63) is 65.7 Å². The number of aromatic nitrogens is 2. The second kappa shape index (κ2) is 8.52. The Morgan fingerprint density at radius 2 is 1.75 bits per heavy atom. The van der Waals surface area contributed by atoms with E-state index in [4.69, 9.17) is 9.47 Å². The maximum absolute atomic E-state index is 12.8. The monoisotopic (exact) mass is 406 g/mol. The third-order valence-corrected chi connectivity index (χ3v) is 4.96. The van der Waals surface area contributed by atoms with E-state index in [9.17, 15) is 13.2 Å². The number of hydrogen-bond acceptors (Lipinski definition) is 5. The van der Waals surface area contributed by atoms with Gasteiger partial charge < -0.3 is 9.47 Å². The van der Waals surface area contributed by atoms with Gasteiger partial charge >= 0.3 is 6.18 Å². The lowest BCUT2D eigenvalue weighted by Gasteiger charge is -2.10. The molecule has 0 aliphatic carbocycles. The fraction of sp³-hybridized carbons (Fsp3) is 0.200. The molecular formula is C20H17F3N2O2S. The molecule has 2 aromatic carbocycles. The smallest absolute Gasteiger partial charge is 0.416 e. The van der Waals surface area contributed by atoms with E-state index in [1.807, 2.05) is 6.07 Å². The van der Waals surface area contributed by atoms with Gasteiger partial charge in [-0.2, -0.15) is 13.2 Å². The standard InChI is InChI=1S/C20H17F3N2O2S/c1-26-15-6-7-16(18(11-15)27-2)17-8-9-19(25-24-17)28-12-13-4-3-5-14(10-13)20(21,22)23/h3-11H,12H2,1-2H3. The van der Waals surface area contributed by atoms with Crippen LogP contribution in [0.5, 0.6) is 11.5 Å². The minimum absolute atomic E-state index is 0.365. The molecule has 0 amide bonds. The number of halogens is 3. The summed E-state index contributed by atoms with van der Waals surface area (Å²) in [5.74, 6) is 1.64. The average Bonchev–Trinajstić information content (AvgIpc) is 2.71. The Bertz CT molecular complexity index is 947. The van der Waals surface area contributed by atoms with E-state index >= 15 is 0 Å². The minimum Gasteiger partial charge on any atom is -0.497 e. The van der Waals surface area contributed by atoms with E-state index < -0.39 is 11.7 Å². The van der Waals surface area contributed by atoms with Crippen molar-refractivity contribution in [2.75, 3.05) is 14.2 Å². The lowest BCUT2D eigenvalue weighted by Crippen LogP contribution is -2.04. The van der Waals surface area contributed by atoms with Gasteiger partial charge in [0, 0.05) is 17.4 Å². The number of thioether (sulfide) groups is 1. The predicted molar refractivity (Wildman–Crippen MR) is 102 cm³/mol. The second-order valence-corrected chi connectivity index (χ2v) is 6.81. The third kappa shape index (κ3) is 4.75. The van der Waals surface area contributed by atoms with Gasteiger partial charge in [-0.25, -0.2) is 0 Å². The summed E-state index contributed by atoms with van der Waals surface area (Å²) in [6.07, 6.45) is -4.35. The number of rotatable bonds is 6. The van der Waals surface area contributed by atoms with Gasteiger partial charge in [0.2, 0.25) is 0 Å². The molecule has 1 heterocycles. The summed E-state index contributed by atoms with van der Waals surface area (Å²) in [5, 5.41) is 8.99. The number of hydrogen-bond donors (Lipinski definition) is 0. The Labute approximate surface area is 164 Å². The quantitative estimate of drug-likeness (QED) is 0.508. The van der Waals surface area contributed by atoms with Gasteiger partial charge in [-0.3, -0.25) is 0 Å². The summed E-state index contributed by atoms with van der Waals surface area (Å²) in [5.41, 5.74) is 1.31. The highest BCUT2D eigenvalue weighted by Crippen LogP contribution is 2.33. The van der Waals surface area contributed by atoms with Crippen molar-refractivity contribution in [3.8, 4) is 22.8 Å². The highest BCUT2D eigenvalue weighted by atomic mass is 32.2. The minimum atomic E-state index is -4.35. The first-order valence-corrected chi connectivity index (χ1v) is 9.24. The number of methoxy groups -OCH3 is 2. The summed E-state index contributed by atoms with van der Waals surface area (Å²) in [6, 6.07) is 14.2. The lowest BCUT2D eigenvalue weighted by molar-refractivity contribution is -0.137. The number of benzene rings is 2. The molecule has 0 bridgehead atoms. The molecule has 0 fully saturated rings. The summed E-state index contributed by atoms with van der Waals surface area (Å²) < 4.78 is 48.9. The first kappa shape index (κ1) is 20.0. The fourth-order valence-corrected chi connectivity index (χ4v) is 3.30. The Morgan fingerprint density at radius 1 is 0.929 bits per heavy atom. The van der Waals surface area contributed by atoms with Gasteiger partial charge in [0.1, 0.15) is 16.5 Å². The van der Waals surface area contributed by atoms with Crippen molar-refractivity contribution < 1.29 is 22.6 Å². The molecule has 0 aliphatic rings. The molecule has 1 aromatic heterocycles. The molecule has 0 atom stereocenters. The molecule has 4 nitrogen and oxygen atoms in total. The van der Waals surface area contributed by atoms with Crippen LogP contribution >= 0.6 is 11.8 Å². The van der Waals surface area contributed by atoms with Gasteiger partial charge in [0.25, 0.3) is 0 Å². The largest absolute Gasteiger partial charge is 0.497 e. The molecule has 146 valence electrons. The van der Waals surface area contributed by atoms with Crippen LogP contribution < -0.4 is 9.47 Å².